The lowest BCUT2D eigenvalue weighted by Crippen LogP contribution is -2.52. The van der Waals surface area contributed by atoms with E-state index in [1.165, 1.54) is 48.1 Å². The van der Waals surface area contributed by atoms with Crippen molar-refractivity contribution >= 4 is 17.7 Å². The molecule has 200 valence electrons. The lowest BCUT2D eigenvalue weighted by atomic mass is 9.84. The smallest absolute Gasteiger partial charge is 0.256 e. The summed E-state index contributed by atoms with van der Waals surface area (Å²) in [6.07, 6.45) is 8.36. The lowest BCUT2D eigenvalue weighted by molar-refractivity contribution is -0.136. The van der Waals surface area contributed by atoms with Crippen LogP contribution in [0.3, 0.4) is 0 Å². The number of aliphatic hydroxyl groups is 1. The van der Waals surface area contributed by atoms with Crippen LogP contribution in [-0.2, 0) is 28.3 Å². The number of pyridine rings is 1. The van der Waals surface area contributed by atoms with Gasteiger partial charge in [-0.1, -0.05) is 43.5 Å². The molecule has 2 saturated heterocycles. The number of aromatic nitrogens is 1. The van der Waals surface area contributed by atoms with E-state index < -0.39 is 17.6 Å². The Kier molecular flexibility index (Phi) is 6.78. The molecule has 3 amide bonds. The van der Waals surface area contributed by atoms with Crippen LogP contribution in [0.5, 0.6) is 0 Å². The van der Waals surface area contributed by atoms with E-state index in [1.807, 2.05) is 0 Å². The van der Waals surface area contributed by atoms with Crippen LogP contribution in [0.1, 0.15) is 96.6 Å². The molecule has 1 unspecified atom stereocenters. The number of nitrogens with zero attached hydrogens (tertiary/aromatic N) is 3. The highest BCUT2D eigenvalue weighted by molar-refractivity contribution is 6.05. The summed E-state index contributed by atoms with van der Waals surface area (Å²) in [7, 11) is 0. The molecule has 2 N–H and O–H groups in total. The van der Waals surface area contributed by atoms with Crippen LogP contribution < -0.4 is 5.32 Å². The maximum absolute atomic E-state index is 13.0. The standard InChI is InChI=1S/C30H36N4O4/c35-27-13-11-25(28(36)32-27)34-19-24-23(29(34)37)10-12-26(31-24)30(38)14-16-33(17-15-30)18-20-6-8-22(9-7-20)21-4-2-1-3-5-21/h6-10,12,21,25,38H,1-5,11,13-19H2,(H,32,35,36). The van der Waals surface area contributed by atoms with Crippen LogP contribution in [0.15, 0.2) is 36.4 Å². The van der Waals surface area contributed by atoms with Crippen LogP contribution in [-0.4, -0.2) is 56.7 Å². The van der Waals surface area contributed by atoms with Crippen molar-refractivity contribution in [2.24, 2.45) is 0 Å². The number of rotatable bonds is 5. The summed E-state index contributed by atoms with van der Waals surface area (Å²) in [6.45, 7) is 2.61. The molecule has 1 aliphatic carbocycles. The maximum Gasteiger partial charge on any atom is 0.256 e. The monoisotopic (exact) mass is 516 g/mol. The Bertz CT molecular complexity index is 1230. The zero-order valence-electron chi connectivity index (χ0n) is 21.8. The Balaban J connectivity index is 1.07. The number of carbonyl (C=O) groups excluding carboxylic acids is 3. The molecule has 8 nitrogen and oxygen atoms in total. The molecular weight excluding hydrogens is 480 g/mol. The van der Waals surface area contributed by atoms with Crippen molar-refractivity contribution in [1.29, 1.82) is 0 Å². The summed E-state index contributed by atoms with van der Waals surface area (Å²) in [5.41, 5.74) is 3.38. The molecule has 0 radical (unpaired) electrons. The maximum atomic E-state index is 13.0. The number of imide groups is 1. The molecule has 6 rings (SSSR count). The summed E-state index contributed by atoms with van der Waals surface area (Å²) >= 11 is 0. The van der Waals surface area contributed by atoms with E-state index in [4.69, 9.17) is 4.98 Å². The van der Waals surface area contributed by atoms with Crippen LogP contribution in [0.2, 0.25) is 0 Å². The van der Waals surface area contributed by atoms with E-state index in [-0.39, 0.29) is 24.8 Å². The Morgan fingerprint density at radius 1 is 0.947 bits per heavy atom. The molecule has 1 aromatic heterocycles. The second kappa shape index (κ2) is 10.2. The quantitative estimate of drug-likeness (QED) is 0.591. The molecule has 38 heavy (non-hydrogen) atoms. The number of hydrogen-bond donors (Lipinski definition) is 2. The van der Waals surface area contributed by atoms with Gasteiger partial charge in [0.25, 0.3) is 5.91 Å². The summed E-state index contributed by atoms with van der Waals surface area (Å²) in [5, 5.41) is 13.8. The van der Waals surface area contributed by atoms with E-state index in [0.717, 1.165) is 19.6 Å². The average molecular weight is 517 g/mol. The number of amides is 3. The largest absolute Gasteiger partial charge is 0.383 e. The number of benzene rings is 1. The number of hydrogen-bond acceptors (Lipinski definition) is 6. The summed E-state index contributed by atoms with van der Waals surface area (Å²) < 4.78 is 0. The Hall–Kier alpha value is -3.10. The zero-order valence-corrected chi connectivity index (χ0v) is 21.8. The Labute approximate surface area is 223 Å². The highest BCUT2D eigenvalue weighted by atomic mass is 16.3. The Morgan fingerprint density at radius 2 is 1.68 bits per heavy atom. The molecule has 2 aromatic rings. The van der Waals surface area contributed by atoms with Crippen LogP contribution in [0, 0.1) is 0 Å². The predicted octanol–water partition coefficient (Wildman–Crippen LogP) is 3.37. The number of carbonyl (C=O) groups is 3. The number of nitrogens with one attached hydrogen (secondary N) is 1. The van der Waals surface area contributed by atoms with Gasteiger partial charge in [0.1, 0.15) is 11.6 Å². The summed E-state index contributed by atoms with van der Waals surface area (Å²) in [5.74, 6) is -0.267. The average Bonchev–Trinajstić information content (AvgIpc) is 3.26. The molecule has 1 saturated carbocycles. The lowest BCUT2D eigenvalue weighted by Gasteiger charge is -2.38. The molecule has 0 bridgehead atoms. The third-order valence-electron chi connectivity index (χ3n) is 8.99. The SMILES string of the molecule is O=C1CCC(N2Cc3nc(C4(O)CCN(Cc5ccc(C6CCCCC6)cc5)CC4)ccc3C2=O)C(=O)N1. The van der Waals surface area contributed by atoms with Gasteiger partial charge >= 0.3 is 0 Å². The van der Waals surface area contributed by atoms with Crippen LogP contribution in [0.4, 0.5) is 0 Å². The highest BCUT2D eigenvalue weighted by Crippen LogP contribution is 2.36. The third-order valence-corrected chi connectivity index (χ3v) is 8.99. The zero-order chi connectivity index (χ0) is 26.3. The molecule has 4 heterocycles. The minimum atomic E-state index is -1.04. The van der Waals surface area contributed by atoms with Gasteiger partial charge in [-0.3, -0.25) is 29.6 Å². The topological polar surface area (TPSA) is 103 Å². The molecule has 3 aliphatic heterocycles. The van der Waals surface area contributed by atoms with Gasteiger partial charge < -0.3 is 10.0 Å². The van der Waals surface area contributed by atoms with Gasteiger partial charge in [-0.25, -0.2) is 0 Å². The van der Waals surface area contributed by atoms with E-state index >= 15 is 0 Å². The number of fused-ring (bicyclic) bond motifs is 1. The first-order valence-electron chi connectivity index (χ1n) is 14.1. The molecule has 1 aromatic carbocycles. The predicted molar refractivity (Wildman–Crippen MR) is 141 cm³/mol. The van der Waals surface area contributed by atoms with Gasteiger partial charge in [-0.05, 0) is 61.3 Å². The van der Waals surface area contributed by atoms with E-state index in [9.17, 15) is 19.5 Å². The minimum Gasteiger partial charge on any atom is -0.383 e. The van der Waals surface area contributed by atoms with Crippen LogP contribution >= 0.6 is 0 Å². The fraction of sp³-hybridized carbons (Fsp3) is 0.533. The second-order valence-electron chi connectivity index (χ2n) is 11.5. The van der Waals surface area contributed by atoms with Gasteiger partial charge in [-0.15, -0.1) is 0 Å². The van der Waals surface area contributed by atoms with E-state index in [1.54, 1.807) is 12.1 Å². The van der Waals surface area contributed by atoms with Crippen molar-refractivity contribution in [2.45, 2.75) is 88.4 Å². The molecule has 3 fully saturated rings. The van der Waals surface area contributed by atoms with E-state index in [2.05, 4.69) is 34.5 Å². The second-order valence-corrected chi connectivity index (χ2v) is 11.5. The number of piperidine rings is 2. The highest BCUT2D eigenvalue weighted by Gasteiger charge is 2.41. The van der Waals surface area contributed by atoms with E-state index in [0.29, 0.717) is 42.1 Å². The first kappa shape index (κ1) is 25.2. The minimum absolute atomic E-state index is 0.216. The van der Waals surface area contributed by atoms with Gasteiger partial charge in [-0.2, -0.15) is 0 Å². The fourth-order valence-electron chi connectivity index (χ4n) is 6.62. The van der Waals surface area contributed by atoms with Crippen molar-refractivity contribution in [3.63, 3.8) is 0 Å². The van der Waals surface area contributed by atoms with Gasteiger partial charge in [0, 0.05) is 26.1 Å². The normalized spacial score (nSPS) is 24.4. The van der Waals surface area contributed by atoms with Gasteiger partial charge in [0.2, 0.25) is 11.8 Å². The van der Waals surface area contributed by atoms with Crippen molar-refractivity contribution in [3.8, 4) is 0 Å². The fourth-order valence-corrected chi connectivity index (χ4v) is 6.62. The Morgan fingerprint density at radius 3 is 2.39 bits per heavy atom. The summed E-state index contributed by atoms with van der Waals surface area (Å²) in [4.78, 5) is 45.4. The van der Waals surface area contributed by atoms with Gasteiger partial charge in [0.15, 0.2) is 0 Å². The van der Waals surface area contributed by atoms with Crippen molar-refractivity contribution in [3.05, 3.63) is 64.5 Å². The molecule has 8 heteroatoms. The molecular formula is C30H36N4O4. The third kappa shape index (κ3) is 4.87. The molecule has 0 spiro atoms. The van der Waals surface area contributed by atoms with Crippen molar-refractivity contribution in [1.82, 2.24) is 20.1 Å². The van der Waals surface area contributed by atoms with Crippen molar-refractivity contribution < 1.29 is 19.5 Å². The molecule has 1 atom stereocenters. The number of likely N-dealkylation sites (tertiary alicyclic amines) is 1. The molecule has 4 aliphatic rings. The first-order valence-corrected chi connectivity index (χ1v) is 14.1. The van der Waals surface area contributed by atoms with Crippen LogP contribution in [0.25, 0.3) is 0 Å². The first-order chi connectivity index (χ1) is 18.4. The summed E-state index contributed by atoms with van der Waals surface area (Å²) in [6, 6.07) is 11.9. The van der Waals surface area contributed by atoms with Gasteiger partial charge in [0.05, 0.1) is 23.5 Å². The van der Waals surface area contributed by atoms with Crippen molar-refractivity contribution in [2.75, 3.05) is 13.1 Å².